The molecule has 2 unspecified atom stereocenters. The van der Waals surface area contributed by atoms with E-state index < -0.39 is 0 Å². The second kappa shape index (κ2) is 5.12. The average Bonchev–Trinajstić information content (AvgIpc) is 3.06. The molecule has 0 fully saturated rings. The van der Waals surface area contributed by atoms with Crippen molar-refractivity contribution in [3.8, 4) is 0 Å². The lowest BCUT2D eigenvalue weighted by molar-refractivity contribution is 0.440. The Kier molecular flexibility index (Phi) is 3.34. The van der Waals surface area contributed by atoms with E-state index in [9.17, 15) is 0 Å². The van der Waals surface area contributed by atoms with Gasteiger partial charge in [0.2, 0.25) is 0 Å². The molecule has 0 aliphatic heterocycles. The van der Waals surface area contributed by atoms with Gasteiger partial charge in [0.1, 0.15) is 0 Å². The van der Waals surface area contributed by atoms with E-state index in [-0.39, 0.29) is 6.04 Å². The van der Waals surface area contributed by atoms with Crippen molar-refractivity contribution >= 4 is 11.7 Å². The Morgan fingerprint density at radius 2 is 2.50 bits per heavy atom. The molecule has 0 bridgehead atoms. The first-order valence-corrected chi connectivity index (χ1v) is 7.07. The zero-order valence-corrected chi connectivity index (χ0v) is 11.2. The van der Waals surface area contributed by atoms with Crippen molar-refractivity contribution in [3.63, 3.8) is 0 Å². The third kappa shape index (κ3) is 2.04. The SMILES string of the molecule is CCNC(c1cnsn1)C1CCc2cccnc21. The van der Waals surface area contributed by atoms with Crippen LogP contribution in [0.1, 0.15) is 42.3 Å². The summed E-state index contributed by atoms with van der Waals surface area (Å²) in [6.45, 7) is 3.06. The Morgan fingerprint density at radius 3 is 3.28 bits per heavy atom. The Balaban J connectivity index is 1.93. The number of aromatic nitrogens is 3. The zero-order valence-electron chi connectivity index (χ0n) is 10.3. The van der Waals surface area contributed by atoms with Crippen LogP contribution >= 0.6 is 11.7 Å². The molecule has 3 rings (SSSR count). The van der Waals surface area contributed by atoms with Crippen molar-refractivity contribution in [2.45, 2.75) is 31.7 Å². The second-order valence-electron chi connectivity index (χ2n) is 4.56. The van der Waals surface area contributed by atoms with Crippen LogP contribution in [0.5, 0.6) is 0 Å². The van der Waals surface area contributed by atoms with Gasteiger partial charge in [0.25, 0.3) is 0 Å². The summed E-state index contributed by atoms with van der Waals surface area (Å²) >= 11 is 1.27. The number of hydrogen-bond donors (Lipinski definition) is 1. The molecule has 0 radical (unpaired) electrons. The molecule has 2 atom stereocenters. The summed E-state index contributed by atoms with van der Waals surface area (Å²) in [5, 5.41) is 3.53. The molecule has 1 aliphatic carbocycles. The van der Waals surface area contributed by atoms with Crippen molar-refractivity contribution in [1.82, 2.24) is 19.0 Å². The van der Waals surface area contributed by atoms with E-state index >= 15 is 0 Å². The van der Waals surface area contributed by atoms with Gasteiger partial charge >= 0.3 is 0 Å². The van der Waals surface area contributed by atoms with Gasteiger partial charge in [-0.3, -0.25) is 4.98 Å². The number of hydrogen-bond acceptors (Lipinski definition) is 5. The molecule has 4 nitrogen and oxygen atoms in total. The smallest absolute Gasteiger partial charge is 0.0919 e. The third-order valence-corrected chi connectivity index (χ3v) is 4.02. The summed E-state index contributed by atoms with van der Waals surface area (Å²) in [6, 6.07) is 4.45. The molecule has 0 saturated carbocycles. The van der Waals surface area contributed by atoms with Gasteiger partial charge in [0, 0.05) is 17.8 Å². The Bertz CT molecular complexity index is 509. The highest BCUT2D eigenvalue weighted by atomic mass is 32.1. The molecule has 18 heavy (non-hydrogen) atoms. The quantitative estimate of drug-likeness (QED) is 0.916. The van der Waals surface area contributed by atoms with Crippen molar-refractivity contribution in [2.24, 2.45) is 0 Å². The molecular weight excluding hydrogens is 244 g/mol. The first-order valence-electron chi connectivity index (χ1n) is 6.34. The van der Waals surface area contributed by atoms with Gasteiger partial charge in [0.15, 0.2) is 0 Å². The second-order valence-corrected chi connectivity index (χ2v) is 5.12. The molecule has 2 aromatic heterocycles. The fraction of sp³-hybridized carbons (Fsp3) is 0.462. The van der Waals surface area contributed by atoms with Crippen LogP contribution in [0.4, 0.5) is 0 Å². The minimum Gasteiger partial charge on any atom is -0.308 e. The molecule has 94 valence electrons. The monoisotopic (exact) mass is 260 g/mol. The van der Waals surface area contributed by atoms with Crippen LogP contribution in [0, 0.1) is 0 Å². The number of pyridine rings is 1. The third-order valence-electron chi connectivity index (χ3n) is 3.53. The maximum atomic E-state index is 4.57. The molecule has 0 saturated heterocycles. The number of likely N-dealkylation sites (N-methyl/N-ethyl adjacent to an activating group) is 1. The van der Waals surface area contributed by atoms with Crippen LogP contribution in [-0.2, 0) is 6.42 Å². The Morgan fingerprint density at radius 1 is 1.56 bits per heavy atom. The maximum Gasteiger partial charge on any atom is 0.0919 e. The standard InChI is InChI=1S/C13H16N4S/c1-2-14-13(11-8-16-18-17-11)10-6-5-9-4-3-7-15-12(9)10/h3-4,7-8,10,13-14H,2,5-6H2,1H3. The number of aryl methyl sites for hydroxylation is 1. The molecule has 1 N–H and O–H groups in total. The van der Waals surface area contributed by atoms with E-state index in [4.69, 9.17) is 0 Å². The molecule has 2 aromatic rings. The minimum absolute atomic E-state index is 0.241. The van der Waals surface area contributed by atoms with Crippen LogP contribution in [0.2, 0.25) is 0 Å². The van der Waals surface area contributed by atoms with Crippen molar-refractivity contribution in [3.05, 3.63) is 41.5 Å². The Hall–Kier alpha value is -1.33. The van der Waals surface area contributed by atoms with Crippen molar-refractivity contribution < 1.29 is 0 Å². The summed E-state index contributed by atoms with van der Waals surface area (Å²) in [7, 11) is 0. The predicted octanol–water partition coefficient (Wildman–Crippen LogP) is 2.31. The molecule has 5 heteroatoms. The first-order chi connectivity index (χ1) is 8.90. The lowest BCUT2D eigenvalue weighted by Gasteiger charge is -2.22. The molecule has 2 heterocycles. The maximum absolute atomic E-state index is 4.57. The molecule has 0 spiro atoms. The van der Waals surface area contributed by atoms with Gasteiger partial charge in [-0.25, -0.2) is 0 Å². The molecular formula is C13H16N4S. The summed E-state index contributed by atoms with van der Waals surface area (Å²) < 4.78 is 8.52. The number of nitrogens with one attached hydrogen (secondary N) is 1. The van der Waals surface area contributed by atoms with Crippen LogP contribution < -0.4 is 5.32 Å². The van der Waals surface area contributed by atoms with Gasteiger partial charge in [-0.15, -0.1) is 0 Å². The van der Waals surface area contributed by atoms with E-state index in [0.29, 0.717) is 5.92 Å². The average molecular weight is 260 g/mol. The summed E-state index contributed by atoms with van der Waals surface area (Å²) in [5.41, 5.74) is 3.66. The fourth-order valence-corrected chi connectivity index (χ4v) is 3.21. The van der Waals surface area contributed by atoms with E-state index in [1.165, 1.54) is 23.0 Å². The molecule has 1 aliphatic rings. The number of nitrogens with zero attached hydrogens (tertiary/aromatic N) is 3. The van der Waals surface area contributed by atoms with Crippen LogP contribution in [0.3, 0.4) is 0 Å². The molecule has 0 aromatic carbocycles. The first kappa shape index (κ1) is 11.7. The Labute approximate surface area is 111 Å². The largest absolute Gasteiger partial charge is 0.308 e. The lowest BCUT2D eigenvalue weighted by Crippen LogP contribution is -2.26. The van der Waals surface area contributed by atoms with Crippen LogP contribution in [0.25, 0.3) is 0 Å². The van der Waals surface area contributed by atoms with E-state index in [1.54, 1.807) is 0 Å². The van der Waals surface area contributed by atoms with Gasteiger partial charge in [-0.05, 0) is 31.0 Å². The van der Waals surface area contributed by atoms with Crippen LogP contribution in [-0.4, -0.2) is 20.3 Å². The van der Waals surface area contributed by atoms with Crippen LogP contribution in [0.15, 0.2) is 24.5 Å². The fourth-order valence-electron chi connectivity index (χ4n) is 2.75. The highest BCUT2D eigenvalue weighted by molar-refractivity contribution is 6.99. The van der Waals surface area contributed by atoms with Crippen molar-refractivity contribution in [1.29, 1.82) is 0 Å². The van der Waals surface area contributed by atoms with Gasteiger partial charge in [-0.1, -0.05) is 13.0 Å². The predicted molar refractivity (Wildman–Crippen MR) is 71.6 cm³/mol. The lowest BCUT2D eigenvalue weighted by atomic mass is 9.94. The van der Waals surface area contributed by atoms with Crippen molar-refractivity contribution in [2.75, 3.05) is 6.54 Å². The van der Waals surface area contributed by atoms with E-state index in [1.807, 2.05) is 18.5 Å². The normalized spacial score (nSPS) is 19.7. The van der Waals surface area contributed by atoms with Gasteiger partial charge in [-0.2, -0.15) is 8.75 Å². The summed E-state index contributed by atoms with van der Waals surface area (Å²) in [6.07, 6.45) is 6.02. The highest BCUT2D eigenvalue weighted by Crippen LogP contribution is 2.39. The van der Waals surface area contributed by atoms with Gasteiger partial charge in [0.05, 0.1) is 29.7 Å². The summed E-state index contributed by atoms with van der Waals surface area (Å²) in [4.78, 5) is 4.57. The topological polar surface area (TPSA) is 50.7 Å². The van der Waals surface area contributed by atoms with Gasteiger partial charge < -0.3 is 5.32 Å². The minimum atomic E-state index is 0.241. The van der Waals surface area contributed by atoms with E-state index in [2.05, 4.69) is 32.0 Å². The number of fused-ring (bicyclic) bond motifs is 1. The van der Waals surface area contributed by atoms with E-state index in [0.717, 1.165) is 25.1 Å². The summed E-state index contributed by atoms with van der Waals surface area (Å²) in [5.74, 6) is 0.421. The zero-order chi connectivity index (χ0) is 12.4. The number of rotatable bonds is 4. The highest BCUT2D eigenvalue weighted by Gasteiger charge is 2.32. The molecule has 0 amide bonds.